The molecule has 2 rings (SSSR count). The van der Waals surface area contributed by atoms with Gasteiger partial charge in [0, 0.05) is 11.3 Å². The molecule has 2 aromatic rings. The summed E-state index contributed by atoms with van der Waals surface area (Å²) in [5, 5.41) is 12.4. The molecule has 0 aliphatic carbocycles. The van der Waals surface area contributed by atoms with E-state index in [1.54, 1.807) is 36.4 Å². The van der Waals surface area contributed by atoms with E-state index >= 15 is 0 Å². The van der Waals surface area contributed by atoms with E-state index in [1.165, 1.54) is 0 Å². The summed E-state index contributed by atoms with van der Waals surface area (Å²) in [6, 6.07) is 10.2. The molecule has 0 aromatic heterocycles. The van der Waals surface area contributed by atoms with E-state index in [-0.39, 0.29) is 17.8 Å². The van der Waals surface area contributed by atoms with Crippen molar-refractivity contribution in [1.82, 2.24) is 0 Å². The first kappa shape index (κ1) is 16.8. The van der Waals surface area contributed by atoms with Crippen LogP contribution in [-0.2, 0) is 0 Å². The number of nitrogens with one attached hydrogen (secondary N) is 1. The molecule has 0 spiro atoms. The first-order valence-electron chi connectivity index (χ1n) is 6.63. The van der Waals surface area contributed by atoms with Gasteiger partial charge in [0.05, 0.1) is 15.0 Å². The second-order valence-electron chi connectivity index (χ2n) is 4.93. The summed E-state index contributed by atoms with van der Waals surface area (Å²) in [6.07, 6.45) is 0.0892. The molecule has 2 aromatic carbocycles. The fourth-order valence-corrected chi connectivity index (χ4v) is 2.98. The van der Waals surface area contributed by atoms with Crippen LogP contribution < -0.4 is 10.1 Å². The Morgan fingerprint density at radius 2 is 1.68 bits per heavy atom. The third-order valence-corrected chi connectivity index (χ3v) is 3.97. The van der Waals surface area contributed by atoms with E-state index < -0.39 is 0 Å². The molecule has 2 N–H and O–H groups in total. The molecule has 0 atom stereocenters. The molecule has 0 fully saturated rings. The van der Waals surface area contributed by atoms with E-state index in [4.69, 9.17) is 4.74 Å². The highest BCUT2D eigenvalue weighted by Crippen LogP contribution is 2.35. The van der Waals surface area contributed by atoms with E-state index in [0.717, 1.165) is 5.75 Å². The molecule has 1 amide bonds. The molecule has 0 aliphatic heterocycles. The molecule has 0 heterocycles. The average Bonchev–Trinajstić information content (AvgIpc) is 2.44. The Hall–Kier alpha value is -1.53. The molecule has 0 saturated heterocycles. The normalized spacial score (nSPS) is 10.6. The third-order valence-electron chi connectivity index (χ3n) is 2.76. The number of hydrogen-bond acceptors (Lipinski definition) is 3. The number of hydrogen-bond donors (Lipinski definition) is 2. The van der Waals surface area contributed by atoms with Crippen LogP contribution in [0.1, 0.15) is 24.2 Å². The van der Waals surface area contributed by atoms with Crippen molar-refractivity contribution < 1.29 is 14.6 Å². The van der Waals surface area contributed by atoms with Gasteiger partial charge in [-0.25, -0.2) is 0 Å². The molecule has 0 aliphatic rings. The zero-order valence-corrected chi connectivity index (χ0v) is 15.2. The predicted molar refractivity (Wildman–Crippen MR) is 93.7 cm³/mol. The van der Waals surface area contributed by atoms with Crippen LogP contribution >= 0.6 is 31.9 Å². The maximum atomic E-state index is 12.2. The van der Waals surface area contributed by atoms with Crippen LogP contribution in [0, 0.1) is 0 Å². The topological polar surface area (TPSA) is 58.6 Å². The van der Waals surface area contributed by atoms with Crippen LogP contribution in [0.2, 0.25) is 0 Å². The van der Waals surface area contributed by atoms with Crippen molar-refractivity contribution in [3.63, 3.8) is 0 Å². The molecule has 0 radical (unpaired) electrons. The van der Waals surface area contributed by atoms with Crippen molar-refractivity contribution in [1.29, 1.82) is 0 Å². The number of aromatic hydroxyl groups is 1. The van der Waals surface area contributed by atoms with E-state index in [9.17, 15) is 9.90 Å². The van der Waals surface area contributed by atoms with E-state index in [1.807, 2.05) is 13.8 Å². The fourth-order valence-electron chi connectivity index (χ4n) is 1.80. The Morgan fingerprint density at radius 1 is 1.14 bits per heavy atom. The van der Waals surface area contributed by atoms with Crippen LogP contribution in [0.25, 0.3) is 0 Å². The van der Waals surface area contributed by atoms with E-state index in [0.29, 0.717) is 20.2 Å². The largest absolute Gasteiger partial charge is 0.506 e. The van der Waals surface area contributed by atoms with Gasteiger partial charge in [0.25, 0.3) is 5.91 Å². The number of ether oxygens (including phenoxy) is 1. The number of carbonyl (C=O) groups is 1. The van der Waals surface area contributed by atoms with Crippen molar-refractivity contribution >= 4 is 43.5 Å². The maximum Gasteiger partial charge on any atom is 0.255 e. The molecule has 4 nitrogen and oxygen atoms in total. The lowest BCUT2D eigenvalue weighted by molar-refractivity contribution is 0.102. The minimum absolute atomic E-state index is 0.0892. The highest BCUT2D eigenvalue weighted by Gasteiger charge is 2.10. The molecule has 22 heavy (non-hydrogen) atoms. The molecular weight excluding hydrogens is 414 g/mol. The SMILES string of the molecule is CC(C)Oc1ccc(C(=O)Nc2cc(Br)c(O)c(Br)c2)cc1. The summed E-state index contributed by atoms with van der Waals surface area (Å²) >= 11 is 6.46. The molecule has 6 heteroatoms. The van der Waals surface area contributed by atoms with Gasteiger partial charge in [0.2, 0.25) is 0 Å². The third kappa shape index (κ3) is 4.24. The molecule has 0 saturated carbocycles. The number of halogens is 2. The maximum absolute atomic E-state index is 12.2. The van der Waals surface area contributed by atoms with Crippen LogP contribution in [-0.4, -0.2) is 17.1 Å². The summed E-state index contributed by atoms with van der Waals surface area (Å²) in [4.78, 5) is 12.2. The molecular formula is C16H15Br2NO3. The van der Waals surface area contributed by atoms with Gasteiger partial charge < -0.3 is 15.2 Å². The van der Waals surface area contributed by atoms with Crippen LogP contribution in [0.15, 0.2) is 45.3 Å². The van der Waals surface area contributed by atoms with Crippen molar-refractivity contribution in [2.45, 2.75) is 20.0 Å². The second kappa shape index (κ2) is 7.15. The molecule has 0 unspecified atom stereocenters. The van der Waals surface area contributed by atoms with Crippen molar-refractivity contribution in [3.8, 4) is 11.5 Å². The van der Waals surface area contributed by atoms with Crippen molar-refractivity contribution in [3.05, 3.63) is 50.9 Å². The number of phenolic OH excluding ortho intramolecular Hbond substituents is 1. The first-order valence-corrected chi connectivity index (χ1v) is 8.21. The molecule has 0 bridgehead atoms. The number of benzene rings is 2. The predicted octanol–water partition coefficient (Wildman–Crippen LogP) is 4.96. The first-order chi connectivity index (χ1) is 10.4. The number of anilines is 1. The van der Waals surface area contributed by atoms with Gasteiger partial charge in [-0.2, -0.15) is 0 Å². The van der Waals surface area contributed by atoms with Gasteiger partial charge in [0.15, 0.2) is 0 Å². The van der Waals surface area contributed by atoms with Crippen LogP contribution in [0.3, 0.4) is 0 Å². The molecule has 116 valence electrons. The number of amides is 1. The highest BCUT2D eigenvalue weighted by molar-refractivity contribution is 9.11. The Balaban J connectivity index is 2.12. The van der Waals surface area contributed by atoms with Gasteiger partial charge >= 0.3 is 0 Å². The number of rotatable bonds is 4. The quantitative estimate of drug-likeness (QED) is 0.676. The second-order valence-corrected chi connectivity index (χ2v) is 6.64. The lowest BCUT2D eigenvalue weighted by Crippen LogP contribution is -2.12. The van der Waals surface area contributed by atoms with Crippen molar-refractivity contribution in [2.24, 2.45) is 0 Å². The zero-order chi connectivity index (χ0) is 16.3. The van der Waals surface area contributed by atoms with Gasteiger partial charge in [-0.15, -0.1) is 0 Å². The highest BCUT2D eigenvalue weighted by atomic mass is 79.9. The van der Waals surface area contributed by atoms with E-state index in [2.05, 4.69) is 37.2 Å². The zero-order valence-electron chi connectivity index (χ0n) is 12.1. The summed E-state index contributed by atoms with van der Waals surface area (Å²) in [6.45, 7) is 3.89. The Kier molecular flexibility index (Phi) is 5.47. The summed E-state index contributed by atoms with van der Waals surface area (Å²) in [5.74, 6) is 0.579. The monoisotopic (exact) mass is 427 g/mol. The minimum atomic E-state index is -0.236. The Morgan fingerprint density at radius 3 is 2.18 bits per heavy atom. The number of carbonyl (C=O) groups excluding carboxylic acids is 1. The Labute approximate surface area is 145 Å². The van der Waals surface area contributed by atoms with Gasteiger partial charge in [-0.3, -0.25) is 4.79 Å². The number of phenols is 1. The summed E-state index contributed by atoms with van der Waals surface area (Å²) in [7, 11) is 0. The summed E-state index contributed by atoms with van der Waals surface area (Å²) < 4.78 is 6.54. The van der Waals surface area contributed by atoms with Gasteiger partial charge in [0.1, 0.15) is 11.5 Å². The standard InChI is InChI=1S/C16H15Br2NO3/c1-9(2)22-12-5-3-10(4-6-12)16(21)19-11-7-13(17)15(20)14(18)8-11/h3-9,20H,1-2H3,(H,19,21). The average molecular weight is 429 g/mol. The fraction of sp³-hybridized carbons (Fsp3) is 0.188. The van der Waals surface area contributed by atoms with Crippen LogP contribution in [0.4, 0.5) is 5.69 Å². The van der Waals surface area contributed by atoms with Crippen LogP contribution in [0.5, 0.6) is 11.5 Å². The van der Waals surface area contributed by atoms with Crippen molar-refractivity contribution in [2.75, 3.05) is 5.32 Å². The minimum Gasteiger partial charge on any atom is -0.506 e. The summed E-state index contributed by atoms with van der Waals surface area (Å²) in [5.41, 5.74) is 1.10. The smallest absolute Gasteiger partial charge is 0.255 e. The lowest BCUT2D eigenvalue weighted by atomic mass is 10.2. The lowest BCUT2D eigenvalue weighted by Gasteiger charge is -2.11. The van der Waals surface area contributed by atoms with Gasteiger partial charge in [-0.1, -0.05) is 0 Å². The Bertz CT molecular complexity index is 661. The van der Waals surface area contributed by atoms with Gasteiger partial charge in [-0.05, 0) is 82.1 Å².